The van der Waals surface area contributed by atoms with E-state index in [0.29, 0.717) is 11.8 Å². The standard InChI is InChI=1S/C16H27NOS/c1-11-6-12(2)8-16(18,7-11)9-14-17-13(10-19-14)15(3,4)5/h10-12,18H,6-9H2,1-5H3. The van der Waals surface area contributed by atoms with Crippen LogP contribution in [0.25, 0.3) is 0 Å². The highest BCUT2D eigenvalue weighted by atomic mass is 32.1. The molecule has 1 aromatic rings. The van der Waals surface area contributed by atoms with Crippen LogP contribution >= 0.6 is 11.3 Å². The summed E-state index contributed by atoms with van der Waals surface area (Å²) >= 11 is 1.70. The minimum absolute atomic E-state index is 0.102. The van der Waals surface area contributed by atoms with Crippen molar-refractivity contribution in [3.63, 3.8) is 0 Å². The van der Waals surface area contributed by atoms with Gasteiger partial charge in [0.25, 0.3) is 0 Å². The van der Waals surface area contributed by atoms with E-state index in [1.807, 2.05) is 0 Å². The molecular weight excluding hydrogens is 254 g/mol. The maximum Gasteiger partial charge on any atom is 0.0957 e. The first-order valence-corrected chi connectivity index (χ1v) is 8.23. The fourth-order valence-corrected chi connectivity index (χ4v) is 4.55. The molecule has 2 rings (SSSR count). The molecule has 0 amide bonds. The van der Waals surface area contributed by atoms with Crippen molar-refractivity contribution in [3.8, 4) is 0 Å². The van der Waals surface area contributed by atoms with Gasteiger partial charge < -0.3 is 5.11 Å². The Balaban J connectivity index is 2.10. The summed E-state index contributed by atoms with van der Waals surface area (Å²) in [4.78, 5) is 4.73. The number of aliphatic hydroxyl groups is 1. The number of nitrogens with zero attached hydrogens (tertiary/aromatic N) is 1. The first-order valence-electron chi connectivity index (χ1n) is 7.35. The van der Waals surface area contributed by atoms with Gasteiger partial charge in [-0.15, -0.1) is 11.3 Å². The topological polar surface area (TPSA) is 33.1 Å². The third kappa shape index (κ3) is 3.79. The van der Waals surface area contributed by atoms with Crippen LogP contribution in [0.5, 0.6) is 0 Å². The maximum atomic E-state index is 10.8. The second-order valence-corrected chi connectivity index (χ2v) is 8.57. The van der Waals surface area contributed by atoms with Crippen LogP contribution in [0.2, 0.25) is 0 Å². The van der Waals surface area contributed by atoms with Gasteiger partial charge in [-0.3, -0.25) is 0 Å². The first kappa shape index (κ1) is 15.0. The number of aromatic nitrogens is 1. The summed E-state index contributed by atoms with van der Waals surface area (Å²) in [6, 6.07) is 0. The van der Waals surface area contributed by atoms with E-state index in [1.54, 1.807) is 11.3 Å². The van der Waals surface area contributed by atoms with Gasteiger partial charge in [-0.25, -0.2) is 4.98 Å². The summed E-state index contributed by atoms with van der Waals surface area (Å²) in [7, 11) is 0. The largest absolute Gasteiger partial charge is 0.389 e. The molecule has 1 aromatic heterocycles. The van der Waals surface area contributed by atoms with Gasteiger partial charge in [0, 0.05) is 17.2 Å². The molecule has 2 unspecified atom stereocenters. The molecule has 0 aromatic carbocycles. The summed E-state index contributed by atoms with van der Waals surface area (Å²) in [6.07, 6.45) is 3.80. The second-order valence-electron chi connectivity index (χ2n) is 7.63. The Morgan fingerprint density at radius 2 is 1.89 bits per heavy atom. The molecule has 19 heavy (non-hydrogen) atoms. The van der Waals surface area contributed by atoms with Gasteiger partial charge in [0.1, 0.15) is 0 Å². The van der Waals surface area contributed by atoms with E-state index in [4.69, 9.17) is 4.98 Å². The predicted octanol–water partition coefficient (Wildman–Crippen LogP) is 4.17. The Morgan fingerprint density at radius 3 is 2.37 bits per heavy atom. The Labute approximate surface area is 121 Å². The van der Waals surface area contributed by atoms with Crippen molar-refractivity contribution < 1.29 is 5.11 Å². The van der Waals surface area contributed by atoms with Gasteiger partial charge >= 0.3 is 0 Å². The summed E-state index contributed by atoms with van der Waals surface area (Å²) in [5.74, 6) is 1.24. The van der Waals surface area contributed by atoms with E-state index in [2.05, 4.69) is 40.0 Å². The zero-order chi connectivity index (χ0) is 14.3. The van der Waals surface area contributed by atoms with Crippen molar-refractivity contribution in [2.75, 3.05) is 0 Å². The molecule has 0 spiro atoms. The Bertz CT molecular complexity index is 422. The molecule has 0 radical (unpaired) electrons. The van der Waals surface area contributed by atoms with Gasteiger partial charge in [-0.05, 0) is 31.1 Å². The van der Waals surface area contributed by atoms with E-state index in [1.165, 1.54) is 6.42 Å². The highest BCUT2D eigenvalue weighted by Gasteiger charge is 2.37. The molecular formula is C16H27NOS. The minimum atomic E-state index is -0.538. The van der Waals surface area contributed by atoms with E-state index in [0.717, 1.165) is 30.0 Å². The summed E-state index contributed by atoms with van der Waals surface area (Å²) < 4.78 is 0. The molecule has 1 saturated carbocycles. The Kier molecular flexibility index (Phi) is 4.08. The predicted molar refractivity (Wildman–Crippen MR) is 81.6 cm³/mol. The number of thiazole rings is 1. The SMILES string of the molecule is CC1CC(C)CC(O)(Cc2nc(C(C)(C)C)cs2)C1. The van der Waals surface area contributed by atoms with Gasteiger partial charge in [0.05, 0.1) is 16.3 Å². The lowest BCUT2D eigenvalue weighted by Gasteiger charge is -2.38. The van der Waals surface area contributed by atoms with Crippen molar-refractivity contribution in [1.82, 2.24) is 4.98 Å². The molecule has 1 heterocycles. The van der Waals surface area contributed by atoms with Crippen LogP contribution in [0.4, 0.5) is 0 Å². The molecule has 1 aliphatic carbocycles. The summed E-state index contributed by atoms with van der Waals surface area (Å²) in [5, 5.41) is 14.1. The molecule has 3 heteroatoms. The van der Waals surface area contributed by atoms with E-state index < -0.39 is 5.60 Å². The maximum absolute atomic E-state index is 10.8. The summed E-state index contributed by atoms with van der Waals surface area (Å²) in [6.45, 7) is 11.1. The quantitative estimate of drug-likeness (QED) is 0.882. The smallest absolute Gasteiger partial charge is 0.0957 e. The van der Waals surface area contributed by atoms with Crippen LogP contribution in [-0.2, 0) is 11.8 Å². The normalized spacial score (nSPS) is 32.5. The second kappa shape index (κ2) is 5.17. The van der Waals surface area contributed by atoms with Crippen molar-refractivity contribution in [2.45, 2.75) is 71.3 Å². The average molecular weight is 281 g/mol. The lowest BCUT2D eigenvalue weighted by atomic mass is 9.72. The Hall–Kier alpha value is -0.410. The van der Waals surface area contributed by atoms with E-state index in [9.17, 15) is 5.11 Å². The molecule has 2 nitrogen and oxygen atoms in total. The Morgan fingerprint density at radius 1 is 1.32 bits per heavy atom. The zero-order valence-corrected chi connectivity index (χ0v) is 13.7. The fraction of sp³-hybridized carbons (Fsp3) is 0.812. The van der Waals surface area contributed by atoms with Crippen LogP contribution in [0.1, 0.15) is 64.6 Å². The van der Waals surface area contributed by atoms with Crippen molar-refractivity contribution in [3.05, 3.63) is 16.1 Å². The first-order chi connectivity index (χ1) is 8.68. The van der Waals surface area contributed by atoms with Gasteiger partial charge in [0.15, 0.2) is 0 Å². The number of rotatable bonds is 2. The fourth-order valence-electron chi connectivity index (χ4n) is 3.40. The lowest BCUT2D eigenvalue weighted by Crippen LogP contribution is -2.39. The third-order valence-electron chi connectivity index (χ3n) is 4.06. The molecule has 0 saturated heterocycles. The molecule has 1 fully saturated rings. The average Bonchev–Trinajstić information content (AvgIpc) is 2.61. The van der Waals surface area contributed by atoms with Crippen LogP contribution in [0.3, 0.4) is 0 Å². The molecule has 108 valence electrons. The van der Waals surface area contributed by atoms with Crippen LogP contribution in [-0.4, -0.2) is 15.7 Å². The van der Waals surface area contributed by atoms with Crippen molar-refractivity contribution in [2.24, 2.45) is 11.8 Å². The third-order valence-corrected chi connectivity index (χ3v) is 4.91. The van der Waals surface area contributed by atoms with Gasteiger partial charge in [-0.2, -0.15) is 0 Å². The molecule has 1 N–H and O–H groups in total. The summed E-state index contributed by atoms with van der Waals surface area (Å²) in [5.41, 5.74) is 0.710. The van der Waals surface area contributed by atoms with Crippen molar-refractivity contribution >= 4 is 11.3 Å². The zero-order valence-electron chi connectivity index (χ0n) is 12.9. The number of hydrogen-bond donors (Lipinski definition) is 1. The highest BCUT2D eigenvalue weighted by molar-refractivity contribution is 7.09. The van der Waals surface area contributed by atoms with Crippen LogP contribution in [0.15, 0.2) is 5.38 Å². The van der Waals surface area contributed by atoms with Crippen LogP contribution in [0, 0.1) is 11.8 Å². The molecule has 1 aliphatic rings. The molecule has 0 bridgehead atoms. The van der Waals surface area contributed by atoms with E-state index in [-0.39, 0.29) is 5.41 Å². The van der Waals surface area contributed by atoms with Crippen molar-refractivity contribution in [1.29, 1.82) is 0 Å². The lowest BCUT2D eigenvalue weighted by molar-refractivity contribution is -0.0305. The molecule has 2 atom stereocenters. The van der Waals surface area contributed by atoms with Gasteiger partial charge in [-0.1, -0.05) is 34.6 Å². The minimum Gasteiger partial charge on any atom is -0.389 e. The van der Waals surface area contributed by atoms with E-state index >= 15 is 0 Å². The highest BCUT2D eigenvalue weighted by Crippen LogP contribution is 2.38. The number of hydrogen-bond acceptors (Lipinski definition) is 3. The monoisotopic (exact) mass is 281 g/mol. The van der Waals surface area contributed by atoms with Gasteiger partial charge in [0.2, 0.25) is 0 Å². The van der Waals surface area contributed by atoms with Crippen LogP contribution < -0.4 is 0 Å². The molecule has 0 aliphatic heterocycles.